The number of thioether (sulfide) groups is 2. The summed E-state index contributed by atoms with van der Waals surface area (Å²) in [7, 11) is 1.10. The van der Waals surface area contributed by atoms with E-state index in [4.69, 9.17) is 28.0 Å². The molecule has 1 unspecified atom stereocenters. The van der Waals surface area contributed by atoms with Crippen molar-refractivity contribution in [1.29, 1.82) is 0 Å². The maximum Gasteiger partial charge on any atom is 0.472 e. The van der Waals surface area contributed by atoms with Crippen LogP contribution in [0, 0.1) is 0 Å². The molecule has 2 atom stereocenters. The van der Waals surface area contributed by atoms with Crippen LogP contribution in [0.3, 0.4) is 0 Å². The number of phosphoric acid groups is 1. The number of esters is 2. The Balaban J connectivity index is 1.06. The number of ketones is 2. The number of hydrogen-bond acceptors (Lipinski definition) is 13. The number of fused-ring (bicyclic) bond motifs is 2. The lowest BCUT2D eigenvalue weighted by molar-refractivity contribution is -0.870. The Hall–Kier alpha value is -4.99. The van der Waals surface area contributed by atoms with Gasteiger partial charge in [0, 0.05) is 20.9 Å². The summed E-state index contributed by atoms with van der Waals surface area (Å²) in [4.78, 5) is 66.9. The van der Waals surface area contributed by atoms with Gasteiger partial charge in [-0.05, 0) is 95.8 Å². The minimum absolute atomic E-state index is 0.0799. The van der Waals surface area contributed by atoms with Gasteiger partial charge >= 0.3 is 19.8 Å². The van der Waals surface area contributed by atoms with E-state index in [2.05, 4.69) is 13.8 Å². The molecule has 0 aromatic heterocycles. The highest BCUT2D eigenvalue weighted by atomic mass is 32.2. The number of likely N-dealkylation sites (N-methyl/N-ethyl adjacent to an activating group) is 1. The van der Waals surface area contributed by atoms with Gasteiger partial charge in [0.1, 0.15) is 31.3 Å². The van der Waals surface area contributed by atoms with E-state index in [9.17, 15) is 28.6 Å². The van der Waals surface area contributed by atoms with E-state index < -0.39 is 39.1 Å². The van der Waals surface area contributed by atoms with E-state index in [-0.39, 0.29) is 31.0 Å². The Morgan fingerprint density at radius 3 is 1.66 bits per heavy atom. The van der Waals surface area contributed by atoms with Crippen molar-refractivity contribution in [1.82, 2.24) is 0 Å². The number of benzene rings is 4. The molecular formula is C54H65NO12PS2+. The summed E-state index contributed by atoms with van der Waals surface area (Å²) < 4.78 is 46.8. The van der Waals surface area contributed by atoms with Crippen LogP contribution in [0.1, 0.15) is 108 Å². The van der Waals surface area contributed by atoms with Gasteiger partial charge < -0.3 is 28.3 Å². The third-order valence-electron chi connectivity index (χ3n) is 11.2. The highest BCUT2D eigenvalue weighted by Crippen LogP contribution is 2.44. The summed E-state index contributed by atoms with van der Waals surface area (Å²) in [5, 5.41) is 0. The van der Waals surface area contributed by atoms with E-state index in [0.717, 1.165) is 70.9 Å². The first-order valence-electron chi connectivity index (χ1n) is 24.0. The number of Topliss-reactive ketones (excluding diaryl/α,β-unsaturated/α-hetero) is 2. The molecule has 1 N–H and O–H groups in total. The second-order valence-electron chi connectivity index (χ2n) is 18.3. The SMILES string of the molecule is CCCCCCOc1cccc(/C=C2\Sc3ccc(CC(=O)OC[C@H](COP(=O)(O)OCC[N+](C)(C)C)OC(=O)Cc4ccc5c(c4)C(=O)/C(=C/c4cccc(OCCCCCC)c4)S5)cc3C2=O)c1. The summed E-state index contributed by atoms with van der Waals surface area (Å²) in [5.41, 5.74) is 3.63. The van der Waals surface area contributed by atoms with Crippen LogP contribution in [0.15, 0.2) is 105 Å². The number of quaternary nitrogens is 1. The van der Waals surface area contributed by atoms with Gasteiger partial charge in [0.05, 0.1) is 63.6 Å². The summed E-state index contributed by atoms with van der Waals surface area (Å²) in [6.45, 7) is 4.80. The molecule has 13 nitrogen and oxygen atoms in total. The lowest BCUT2D eigenvalue weighted by Gasteiger charge is -2.24. The van der Waals surface area contributed by atoms with Crippen LogP contribution in [0.5, 0.6) is 11.5 Å². The van der Waals surface area contributed by atoms with Gasteiger partial charge in [-0.15, -0.1) is 0 Å². The monoisotopic (exact) mass is 1010 g/mol. The van der Waals surface area contributed by atoms with Crippen molar-refractivity contribution < 1.29 is 61.1 Å². The number of nitrogens with zero attached hydrogens (tertiary/aromatic N) is 1. The van der Waals surface area contributed by atoms with Gasteiger partial charge in [-0.2, -0.15) is 0 Å². The number of carbonyl (C=O) groups is 4. The van der Waals surface area contributed by atoms with Crippen LogP contribution in [-0.4, -0.2) is 99.7 Å². The molecule has 4 aromatic rings. The van der Waals surface area contributed by atoms with E-state index in [1.807, 2.05) is 81.8 Å². The topological polar surface area (TPSA) is 161 Å². The number of allylic oxidation sites excluding steroid dienone is 2. The number of hydrogen-bond donors (Lipinski definition) is 1. The van der Waals surface area contributed by atoms with Crippen molar-refractivity contribution in [3.8, 4) is 11.5 Å². The first kappa shape index (κ1) is 54.3. The number of unbranched alkanes of at least 4 members (excludes halogenated alkanes) is 6. The molecule has 0 aliphatic carbocycles. The lowest BCUT2D eigenvalue weighted by Crippen LogP contribution is -2.37. The van der Waals surface area contributed by atoms with Gasteiger partial charge in [-0.1, -0.05) is 112 Å². The van der Waals surface area contributed by atoms with E-state index in [0.29, 0.717) is 56.3 Å². The zero-order valence-electron chi connectivity index (χ0n) is 40.8. The van der Waals surface area contributed by atoms with Crippen molar-refractivity contribution in [2.45, 2.75) is 94.0 Å². The number of ether oxygens (including phenoxy) is 4. The maximum absolute atomic E-state index is 13.6. The molecule has 0 fully saturated rings. The Labute approximate surface area is 420 Å². The summed E-state index contributed by atoms with van der Waals surface area (Å²) >= 11 is 2.70. The first-order chi connectivity index (χ1) is 33.6. The van der Waals surface area contributed by atoms with Gasteiger partial charge in [-0.3, -0.25) is 28.2 Å². The molecule has 0 bridgehead atoms. The average molecular weight is 1020 g/mol. The molecule has 0 saturated heterocycles. The fourth-order valence-electron chi connectivity index (χ4n) is 7.38. The molecule has 0 radical (unpaired) electrons. The number of carbonyl (C=O) groups excluding carboxylic acids is 4. The molecule has 0 amide bonds. The second-order valence-corrected chi connectivity index (χ2v) is 21.9. The highest BCUT2D eigenvalue weighted by Gasteiger charge is 2.30. The van der Waals surface area contributed by atoms with Gasteiger partial charge in [-0.25, -0.2) is 4.57 Å². The molecule has 16 heteroatoms. The van der Waals surface area contributed by atoms with Crippen molar-refractivity contribution in [2.75, 3.05) is 60.7 Å². The smallest absolute Gasteiger partial charge is 0.472 e. The molecule has 0 saturated carbocycles. The normalized spacial score (nSPS) is 15.7. The van der Waals surface area contributed by atoms with Crippen LogP contribution >= 0.6 is 31.3 Å². The molecule has 6 rings (SSSR count). The number of phosphoric ester groups is 1. The van der Waals surface area contributed by atoms with Crippen LogP contribution in [-0.2, 0) is 45.5 Å². The Bertz CT molecular complexity index is 2590. The maximum atomic E-state index is 13.6. The highest BCUT2D eigenvalue weighted by molar-refractivity contribution is 8.05. The summed E-state index contributed by atoms with van der Waals surface area (Å²) in [5.74, 6) is -0.287. The van der Waals surface area contributed by atoms with E-state index in [1.54, 1.807) is 36.4 Å². The molecule has 374 valence electrons. The van der Waals surface area contributed by atoms with Crippen molar-refractivity contribution in [2.24, 2.45) is 0 Å². The summed E-state index contributed by atoms with van der Waals surface area (Å²) in [6, 6.07) is 25.6. The largest absolute Gasteiger partial charge is 0.494 e. The zero-order chi connectivity index (χ0) is 50.1. The predicted octanol–water partition coefficient (Wildman–Crippen LogP) is 11.3. The van der Waals surface area contributed by atoms with Gasteiger partial charge in [0.15, 0.2) is 6.10 Å². The quantitative estimate of drug-likeness (QED) is 0.0188. The van der Waals surface area contributed by atoms with Crippen molar-refractivity contribution in [3.05, 3.63) is 128 Å². The predicted molar refractivity (Wildman–Crippen MR) is 274 cm³/mol. The van der Waals surface area contributed by atoms with Crippen LogP contribution in [0.2, 0.25) is 0 Å². The zero-order valence-corrected chi connectivity index (χ0v) is 43.3. The van der Waals surface area contributed by atoms with Crippen molar-refractivity contribution >= 4 is 67.0 Å². The standard InChI is InChI=1S/C54H64NO12PS2/c1-6-8-10-12-25-62-42-18-14-16-38(28-42)32-49-53(58)45-30-40(20-22-47(45)69-49)34-51(56)64-36-44(37-66-68(60,61)65-27-24-55(3,4)5)67-52(57)35-41-21-23-48-46(31-41)54(59)50(70-48)33-39-17-15-19-43(29-39)63-26-13-11-9-7-2/h14-23,28-33,44H,6-13,24-27,34-37H2,1-5H3/p+1/b49-32-,50-33-/t44-/m1/s1. The van der Waals surface area contributed by atoms with Gasteiger partial charge in [0.25, 0.3) is 0 Å². The fraction of sp³-hybridized carbons (Fsp3) is 0.407. The van der Waals surface area contributed by atoms with Gasteiger partial charge in [0.2, 0.25) is 11.6 Å². The van der Waals surface area contributed by atoms with Crippen LogP contribution in [0.4, 0.5) is 0 Å². The molecule has 2 heterocycles. The third kappa shape index (κ3) is 17.4. The second kappa shape index (κ2) is 26.5. The van der Waals surface area contributed by atoms with Crippen molar-refractivity contribution in [3.63, 3.8) is 0 Å². The Morgan fingerprint density at radius 1 is 0.643 bits per heavy atom. The first-order valence-corrected chi connectivity index (χ1v) is 27.1. The van der Waals surface area contributed by atoms with E-state index in [1.165, 1.54) is 36.4 Å². The molecule has 70 heavy (non-hydrogen) atoms. The molecule has 2 aliphatic rings. The molecule has 2 aliphatic heterocycles. The fourth-order valence-corrected chi connectivity index (χ4v) is 10.2. The third-order valence-corrected chi connectivity index (χ3v) is 14.4. The van der Waals surface area contributed by atoms with Crippen LogP contribution < -0.4 is 9.47 Å². The number of rotatable bonds is 28. The molecular weight excluding hydrogens is 950 g/mol. The summed E-state index contributed by atoms with van der Waals surface area (Å²) in [6.07, 6.45) is 10.7. The molecule has 4 aromatic carbocycles. The van der Waals surface area contributed by atoms with Crippen LogP contribution in [0.25, 0.3) is 12.2 Å². The Morgan fingerprint density at radius 2 is 1.16 bits per heavy atom. The minimum Gasteiger partial charge on any atom is -0.494 e. The van der Waals surface area contributed by atoms with E-state index >= 15 is 0 Å². The average Bonchev–Trinajstić information content (AvgIpc) is 3.79. The minimum atomic E-state index is -4.60. The molecule has 0 spiro atoms. The Kier molecular flexibility index (Phi) is 20.5. The lowest BCUT2D eigenvalue weighted by atomic mass is 10.0.